The smallest absolute Gasteiger partial charge is 0.255 e. The molecule has 2 aromatic rings. The van der Waals surface area contributed by atoms with E-state index >= 15 is 0 Å². The quantitative estimate of drug-likeness (QED) is 0.928. The first-order valence-electron chi connectivity index (χ1n) is 5.07. The van der Waals surface area contributed by atoms with E-state index in [9.17, 15) is 4.39 Å². The number of hydrogen-bond donors (Lipinski definition) is 1. The van der Waals surface area contributed by atoms with Crippen LogP contribution in [0.3, 0.4) is 0 Å². The molecule has 6 heteroatoms. The van der Waals surface area contributed by atoms with Crippen LogP contribution in [0, 0.1) is 5.82 Å². The molecular formula is C12H9BrClFN2O. The zero-order valence-electron chi connectivity index (χ0n) is 9.16. The van der Waals surface area contributed by atoms with Gasteiger partial charge in [0, 0.05) is 27.8 Å². The highest BCUT2D eigenvalue weighted by molar-refractivity contribution is 9.10. The molecule has 3 nitrogen and oxygen atoms in total. The Balaban J connectivity index is 2.36. The predicted molar refractivity (Wildman–Crippen MR) is 71.3 cm³/mol. The maximum Gasteiger partial charge on any atom is 0.255 e. The minimum atomic E-state index is -0.563. The minimum Gasteiger partial charge on any atom is -0.436 e. The number of halogens is 3. The predicted octanol–water partition coefficient (Wildman–Crippen LogP) is 3.89. The lowest BCUT2D eigenvalue weighted by Gasteiger charge is -2.10. The molecule has 1 aromatic carbocycles. The lowest BCUT2D eigenvalue weighted by molar-refractivity contribution is 0.418. The van der Waals surface area contributed by atoms with E-state index in [2.05, 4.69) is 20.9 Å². The maximum absolute atomic E-state index is 13.6. The molecule has 0 aliphatic rings. The Bertz CT molecular complexity index is 580. The molecular weight excluding hydrogens is 322 g/mol. The Kier molecular flexibility index (Phi) is 4.16. The molecule has 0 saturated carbocycles. The molecule has 0 radical (unpaired) electrons. The second kappa shape index (κ2) is 5.65. The zero-order valence-corrected chi connectivity index (χ0v) is 11.5. The van der Waals surface area contributed by atoms with Gasteiger partial charge in [0.1, 0.15) is 5.75 Å². The Morgan fingerprint density at radius 3 is 2.83 bits per heavy atom. The highest BCUT2D eigenvalue weighted by Crippen LogP contribution is 2.29. The van der Waals surface area contributed by atoms with Crippen molar-refractivity contribution in [3.63, 3.8) is 0 Å². The first-order valence-corrected chi connectivity index (χ1v) is 6.24. The highest BCUT2D eigenvalue weighted by atomic mass is 79.9. The van der Waals surface area contributed by atoms with Crippen molar-refractivity contribution in [1.29, 1.82) is 0 Å². The van der Waals surface area contributed by atoms with Crippen molar-refractivity contribution in [2.75, 3.05) is 0 Å². The summed E-state index contributed by atoms with van der Waals surface area (Å²) >= 11 is 8.98. The van der Waals surface area contributed by atoms with Crippen molar-refractivity contribution in [3.8, 4) is 11.6 Å². The fraction of sp³-hybridized carbons (Fsp3) is 0.0833. The maximum atomic E-state index is 13.6. The van der Waals surface area contributed by atoms with Crippen LogP contribution in [0.1, 0.15) is 5.56 Å². The third kappa shape index (κ3) is 2.98. The molecule has 18 heavy (non-hydrogen) atoms. The Hall–Kier alpha value is -1.17. The summed E-state index contributed by atoms with van der Waals surface area (Å²) in [4.78, 5) is 3.85. The molecule has 2 rings (SSSR count). The van der Waals surface area contributed by atoms with Gasteiger partial charge in [0.05, 0.1) is 0 Å². The second-order valence-corrected chi connectivity index (χ2v) is 4.85. The first kappa shape index (κ1) is 13.3. The first-order chi connectivity index (χ1) is 8.60. The van der Waals surface area contributed by atoms with Gasteiger partial charge in [-0.1, -0.05) is 17.7 Å². The average molecular weight is 332 g/mol. The van der Waals surface area contributed by atoms with Crippen LogP contribution in [-0.4, -0.2) is 4.98 Å². The van der Waals surface area contributed by atoms with Crippen LogP contribution >= 0.6 is 27.5 Å². The summed E-state index contributed by atoms with van der Waals surface area (Å²) in [5.74, 6) is -0.277. The summed E-state index contributed by atoms with van der Waals surface area (Å²) in [5, 5.41) is 0.486. The number of hydrogen-bond acceptors (Lipinski definition) is 3. The lowest BCUT2D eigenvalue weighted by atomic mass is 10.2. The van der Waals surface area contributed by atoms with Crippen LogP contribution < -0.4 is 10.5 Å². The van der Waals surface area contributed by atoms with Crippen molar-refractivity contribution >= 4 is 27.5 Å². The normalized spacial score (nSPS) is 10.4. The van der Waals surface area contributed by atoms with Gasteiger partial charge in [-0.15, -0.1) is 0 Å². The van der Waals surface area contributed by atoms with Gasteiger partial charge in [-0.3, -0.25) is 0 Å². The van der Waals surface area contributed by atoms with Crippen LogP contribution in [0.25, 0.3) is 0 Å². The number of benzene rings is 1. The molecule has 0 saturated heterocycles. The third-order valence-corrected chi connectivity index (χ3v) is 2.90. The number of ether oxygens (including phenoxy) is 1. The number of nitrogens with zero attached hydrogens (tertiary/aromatic N) is 1. The number of pyridine rings is 1. The van der Waals surface area contributed by atoms with E-state index in [1.165, 1.54) is 12.3 Å². The molecule has 0 spiro atoms. The lowest BCUT2D eigenvalue weighted by Crippen LogP contribution is -2.00. The molecule has 0 fully saturated rings. The molecule has 0 aliphatic heterocycles. The fourth-order valence-corrected chi connectivity index (χ4v) is 1.84. The third-order valence-electron chi connectivity index (χ3n) is 2.23. The van der Waals surface area contributed by atoms with Crippen LogP contribution in [0.5, 0.6) is 11.6 Å². The van der Waals surface area contributed by atoms with E-state index in [1.807, 2.05) is 0 Å². The van der Waals surface area contributed by atoms with E-state index in [-0.39, 0.29) is 12.4 Å². The molecule has 0 unspecified atom stereocenters. The van der Waals surface area contributed by atoms with E-state index in [0.717, 1.165) is 5.56 Å². The topological polar surface area (TPSA) is 48.1 Å². The summed E-state index contributed by atoms with van der Waals surface area (Å²) < 4.78 is 19.5. The molecule has 2 N–H and O–H groups in total. The van der Waals surface area contributed by atoms with Gasteiger partial charge in [-0.05, 0) is 34.1 Å². The Morgan fingerprint density at radius 1 is 1.39 bits per heavy atom. The molecule has 0 aliphatic carbocycles. The van der Waals surface area contributed by atoms with Crippen LogP contribution in [0.15, 0.2) is 34.9 Å². The minimum absolute atomic E-state index is 0.116. The van der Waals surface area contributed by atoms with E-state index in [4.69, 9.17) is 22.1 Å². The van der Waals surface area contributed by atoms with Crippen LogP contribution in [0.2, 0.25) is 5.02 Å². The second-order valence-electron chi connectivity index (χ2n) is 3.50. The SMILES string of the molecule is NCc1ccc(Cl)cc1Oc1ncc(Br)cc1F. The van der Waals surface area contributed by atoms with Gasteiger partial charge in [-0.2, -0.15) is 0 Å². The molecule has 0 atom stereocenters. The summed E-state index contributed by atoms with van der Waals surface area (Å²) in [6, 6.07) is 6.28. The van der Waals surface area contributed by atoms with E-state index in [0.29, 0.717) is 15.2 Å². The van der Waals surface area contributed by atoms with Gasteiger partial charge < -0.3 is 10.5 Å². The van der Waals surface area contributed by atoms with Crippen molar-refractivity contribution in [2.45, 2.75) is 6.54 Å². The molecule has 1 heterocycles. The van der Waals surface area contributed by atoms with Gasteiger partial charge in [0.2, 0.25) is 0 Å². The van der Waals surface area contributed by atoms with Gasteiger partial charge >= 0.3 is 0 Å². The molecule has 0 amide bonds. The fourth-order valence-electron chi connectivity index (χ4n) is 1.37. The average Bonchev–Trinajstić information content (AvgIpc) is 2.33. The van der Waals surface area contributed by atoms with E-state index in [1.54, 1.807) is 18.2 Å². The van der Waals surface area contributed by atoms with Crippen LogP contribution in [-0.2, 0) is 6.54 Å². The van der Waals surface area contributed by atoms with Gasteiger partial charge in [0.25, 0.3) is 5.88 Å². The number of rotatable bonds is 3. The van der Waals surface area contributed by atoms with Crippen LogP contribution in [0.4, 0.5) is 4.39 Å². The number of aromatic nitrogens is 1. The summed E-state index contributed by atoms with van der Waals surface area (Å²) in [6.45, 7) is 0.269. The highest BCUT2D eigenvalue weighted by Gasteiger charge is 2.10. The monoisotopic (exact) mass is 330 g/mol. The van der Waals surface area contributed by atoms with Crippen molar-refractivity contribution in [1.82, 2.24) is 4.98 Å². The number of nitrogens with two attached hydrogens (primary N) is 1. The van der Waals surface area contributed by atoms with Crippen molar-refractivity contribution in [2.24, 2.45) is 5.73 Å². The summed E-state index contributed by atoms with van der Waals surface area (Å²) in [5.41, 5.74) is 6.30. The van der Waals surface area contributed by atoms with Crippen molar-refractivity contribution in [3.05, 3.63) is 51.3 Å². The molecule has 0 bridgehead atoms. The summed E-state index contributed by atoms with van der Waals surface area (Å²) in [6.07, 6.45) is 1.45. The summed E-state index contributed by atoms with van der Waals surface area (Å²) in [7, 11) is 0. The standard InChI is InChI=1S/C12H9BrClFN2O/c13-8-3-10(15)12(17-6-8)18-11-4-9(14)2-1-7(11)5-16/h1-4,6H,5,16H2. The molecule has 94 valence electrons. The van der Waals surface area contributed by atoms with Gasteiger partial charge in [-0.25, -0.2) is 9.37 Å². The largest absolute Gasteiger partial charge is 0.436 e. The van der Waals surface area contributed by atoms with E-state index < -0.39 is 5.82 Å². The molecule has 1 aromatic heterocycles. The van der Waals surface area contributed by atoms with Gasteiger partial charge in [0.15, 0.2) is 5.82 Å². The zero-order chi connectivity index (χ0) is 13.1. The Labute approximate surface area is 117 Å². The Morgan fingerprint density at radius 2 is 2.17 bits per heavy atom. The van der Waals surface area contributed by atoms with Crippen molar-refractivity contribution < 1.29 is 9.13 Å².